The van der Waals surface area contributed by atoms with Crippen LogP contribution in [0.15, 0.2) is 30.3 Å². The summed E-state index contributed by atoms with van der Waals surface area (Å²) in [5, 5.41) is 0.265. The van der Waals surface area contributed by atoms with Crippen molar-refractivity contribution in [1.29, 1.82) is 0 Å². The number of hydrogen-bond donors (Lipinski definition) is 0. The van der Waals surface area contributed by atoms with Gasteiger partial charge in [0.25, 0.3) is 0 Å². The normalized spacial score (nSPS) is 28.1. The summed E-state index contributed by atoms with van der Waals surface area (Å²) in [5.74, 6) is 3.85. The molecule has 3 nitrogen and oxygen atoms in total. The van der Waals surface area contributed by atoms with Crippen LogP contribution in [-0.2, 0) is 8.76 Å². The molecule has 0 bridgehead atoms. The Bertz CT molecular complexity index is 800. The zero-order chi connectivity index (χ0) is 26.6. The van der Waals surface area contributed by atoms with Crippen LogP contribution < -0.4 is 4.89 Å². The summed E-state index contributed by atoms with van der Waals surface area (Å²) in [6, 6.07) is 9.82. The molecule has 0 aromatic heterocycles. The highest BCUT2D eigenvalue weighted by atomic mass is 32.2. The molecular weight excluding hydrogens is 480 g/mol. The molecule has 5 atom stereocenters. The summed E-state index contributed by atoms with van der Waals surface area (Å²) < 4.78 is 12.8. The van der Waals surface area contributed by atoms with Crippen LogP contribution in [0.4, 0.5) is 0 Å². The van der Waals surface area contributed by atoms with Crippen LogP contribution >= 0.6 is 12.0 Å². The average molecular weight is 535 g/mol. The molecule has 3 rings (SSSR count). The second-order valence-corrected chi connectivity index (χ2v) is 20.0. The zero-order valence-electron chi connectivity index (χ0n) is 24.7. The van der Waals surface area contributed by atoms with Crippen molar-refractivity contribution in [2.45, 2.75) is 124 Å². The predicted molar refractivity (Wildman–Crippen MR) is 158 cm³/mol. The molecule has 0 saturated heterocycles. The molecule has 0 spiro atoms. The Labute approximate surface area is 228 Å². The molecule has 5 heteroatoms. The molecule has 0 aliphatic heterocycles. The van der Waals surface area contributed by atoms with Crippen molar-refractivity contribution in [3.05, 3.63) is 30.3 Å². The van der Waals surface area contributed by atoms with Crippen LogP contribution in [0.3, 0.4) is 0 Å². The van der Waals surface area contributed by atoms with E-state index in [1.807, 2.05) is 30.3 Å². The van der Waals surface area contributed by atoms with Gasteiger partial charge in [-0.05, 0) is 97.4 Å². The topological polar surface area (TPSA) is 27.7 Å². The van der Waals surface area contributed by atoms with E-state index >= 15 is 0 Å². The third kappa shape index (κ3) is 7.77. The second kappa shape index (κ2) is 12.1. The van der Waals surface area contributed by atoms with Gasteiger partial charge < -0.3 is 9.31 Å². The molecule has 2 aliphatic carbocycles. The number of fused-ring (bicyclic) bond motifs is 1. The minimum atomic E-state index is -1.78. The maximum Gasteiger partial charge on any atom is 0.192 e. The summed E-state index contributed by atoms with van der Waals surface area (Å²) in [6.07, 6.45) is 10.8. The Balaban J connectivity index is 1.68. The lowest BCUT2D eigenvalue weighted by atomic mass is 9.61. The summed E-state index contributed by atoms with van der Waals surface area (Å²) in [4.78, 5) is 5.56. The predicted octanol–water partition coefficient (Wildman–Crippen LogP) is 10.1. The standard InChI is InChI=1S/C31H54O3SSi/c1-29(2,3)21-13-15-24(23-35-34-32-25-16-11-10-12-17-25)26-19-20-27-28(18-14-22-31(26,27)7)33-36(8,9)30(4,5)6/h10-12,16-17,24,26-28H,13-15,18-23H2,1-9H3/t24-,26?,27?,28-,31+/m0/s1. The molecule has 1 aromatic rings. The molecule has 2 unspecified atom stereocenters. The summed E-state index contributed by atoms with van der Waals surface area (Å²) in [7, 11) is -1.78. The third-order valence-corrected chi connectivity index (χ3v) is 14.9. The highest BCUT2D eigenvalue weighted by molar-refractivity contribution is 7.94. The van der Waals surface area contributed by atoms with E-state index in [0.717, 1.165) is 17.4 Å². The lowest BCUT2D eigenvalue weighted by Gasteiger charge is -2.50. The van der Waals surface area contributed by atoms with Gasteiger partial charge in [-0.3, -0.25) is 0 Å². The third-order valence-electron chi connectivity index (χ3n) is 9.66. The van der Waals surface area contributed by atoms with Crippen molar-refractivity contribution >= 4 is 20.4 Å². The molecule has 0 radical (unpaired) electrons. The van der Waals surface area contributed by atoms with E-state index in [4.69, 9.17) is 13.6 Å². The fourth-order valence-corrected chi connectivity index (χ4v) is 8.73. The van der Waals surface area contributed by atoms with Crippen LogP contribution in [-0.4, -0.2) is 20.2 Å². The summed E-state index contributed by atoms with van der Waals surface area (Å²) >= 11 is 1.51. The number of rotatable bonds is 11. The van der Waals surface area contributed by atoms with Crippen LogP contribution in [0.5, 0.6) is 5.75 Å². The van der Waals surface area contributed by atoms with Gasteiger partial charge in [0.05, 0.1) is 0 Å². The van der Waals surface area contributed by atoms with Crippen molar-refractivity contribution in [2.24, 2.45) is 28.6 Å². The molecule has 206 valence electrons. The average Bonchev–Trinajstić information content (AvgIpc) is 3.12. The van der Waals surface area contributed by atoms with Gasteiger partial charge in [-0.2, -0.15) is 0 Å². The zero-order valence-corrected chi connectivity index (χ0v) is 26.5. The van der Waals surface area contributed by atoms with E-state index in [2.05, 4.69) is 61.6 Å². The molecule has 2 saturated carbocycles. The molecular formula is C31H54O3SSi. The van der Waals surface area contributed by atoms with Crippen LogP contribution in [0.2, 0.25) is 18.1 Å². The van der Waals surface area contributed by atoms with Gasteiger partial charge >= 0.3 is 0 Å². The molecule has 36 heavy (non-hydrogen) atoms. The minimum Gasteiger partial charge on any atom is -0.414 e. The van der Waals surface area contributed by atoms with Crippen molar-refractivity contribution < 1.29 is 13.6 Å². The van der Waals surface area contributed by atoms with Gasteiger partial charge in [-0.1, -0.05) is 79.5 Å². The van der Waals surface area contributed by atoms with Gasteiger partial charge in [0.1, 0.15) is 0 Å². The highest BCUT2D eigenvalue weighted by Crippen LogP contribution is 2.60. The second-order valence-electron chi connectivity index (χ2n) is 14.6. The van der Waals surface area contributed by atoms with Gasteiger partial charge in [0.2, 0.25) is 0 Å². The Morgan fingerprint density at radius 1 is 1.03 bits per heavy atom. The SMILES string of the molecule is CC(C)(C)CCC[C@@H](CSOOc1ccccc1)C1CCC2[C@@H](O[Si](C)(C)C(C)(C)C)CCC[C@]12C. The lowest BCUT2D eigenvalue weighted by Crippen LogP contribution is -2.50. The van der Waals surface area contributed by atoms with E-state index < -0.39 is 8.32 Å². The Kier molecular flexibility index (Phi) is 10.1. The van der Waals surface area contributed by atoms with E-state index in [-0.39, 0.29) is 5.04 Å². The van der Waals surface area contributed by atoms with Crippen LogP contribution in [0, 0.1) is 28.6 Å². The van der Waals surface area contributed by atoms with Crippen molar-refractivity contribution in [2.75, 3.05) is 5.75 Å². The summed E-state index contributed by atoms with van der Waals surface area (Å²) in [6.45, 7) is 21.7. The van der Waals surface area contributed by atoms with Gasteiger partial charge in [0.15, 0.2) is 14.1 Å². The number of para-hydroxylation sites is 1. The van der Waals surface area contributed by atoms with E-state index in [0.29, 0.717) is 28.8 Å². The Hall–Kier alpha value is -0.493. The van der Waals surface area contributed by atoms with E-state index in [1.54, 1.807) is 0 Å². The van der Waals surface area contributed by atoms with Crippen molar-refractivity contribution in [1.82, 2.24) is 0 Å². The first-order chi connectivity index (χ1) is 16.7. The number of benzene rings is 1. The lowest BCUT2D eigenvalue weighted by molar-refractivity contribution is -0.0785. The first-order valence-corrected chi connectivity index (χ1v) is 18.2. The smallest absolute Gasteiger partial charge is 0.192 e. The largest absolute Gasteiger partial charge is 0.414 e. The van der Waals surface area contributed by atoms with Crippen molar-refractivity contribution in [3.8, 4) is 5.75 Å². The first-order valence-electron chi connectivity index (χ1n) is 14.4. The fourth-order valence-electron chi connectivity index (χ4n) is 6.58. The van der Waals surface area contributed by atoms with E-state index in [9.17, 15) is 0 Å². The highest BCUT2D eigenvalue weighted by Gasteiger charge is 2.55. The maximum atomic E-state index is 7.11. The molecule has 2 fully saturated rings. The van der Waals surface area contributed by atoms with Gasteiger partial charge in [-0.15, -0.1) is 4.33 Å². The van der Waals surface area contributed by atoms with E-state index in [1.165, 1.54) is 63.4 Å². The van der Waals surface area contributed by atoms with Crippen LogP contribution in [0.1, 0.15) is 99.8 Å². The molecule has 0 amide bonds. The first kappa shape index (κ1) is 30.1. The fraction of sp³-hybridized carbons (Fsp3) is 0.806. The molecule has 2 aliphatic rings. The Morgan fingerprint density at radius 2 is 1.72 bits per heavy atom. The summed E-state index contributed by atoms with van der Waals surface area (Å²) in [5.41, 5.74) is 0.762. The van der Waals surface area contributed by atoms with Crippen molar-refractivity contribution in [3.63, 3.8) is 0 Å². The molecule has 0 heterocycles. The Morgan fingerprint density at radius 3 is 2.36 bits per heavy atom. The van der Waals surface area contributed by atoms with Crippen LogP contribution in [0.25, 0.3) is 0 Å². The van der Waals surface area contributed by atoms with Gasteiger partial charge in [-0.25, -0.2) is 0 Å². The monoisotopic (exact) mass is 534 g/mol. The maximum absolute atomic E-state index is 7.11. The quantitative estimate of drug-likeness (QED) is 0.0928. The van der Waals surface area contributed by atoms with Gasteiger partial charge in [0, 0.05) is 23.9 Å². The minimum absolute atomic E-state index is 0.265. The molecule has 0 N–H and O–H groups in total. The number of hydrogen-bond acceptors (Lipinski definition) is 4. The molecule has 1 aromatic carbocycles.